The number of hydrogen-bond donors (Lipinski definition) is 0. The summed E-state index contributed by atoms with van der Waals surface area (Å²) in [6, 6.07) is 7.51. The molecule has 1 saturated heterocycles. The number of ether oxygens (including phenoxy) is 2. The van der Waals surface area contributed by atoms with Crippen molar-refractivity contribution in [2.45, 2.75) is 20.3 Å². The van der Waals surface area contributed by atoms with Crippen LogP contribution in [0.1, 0.15) is 29.3 Å². The predicted octanol–water partition coefficient (Wildman–Crippen LogP) is 2.87. The molecule has 1 aromatic rings. The fourth-order valence-corrected chi connectivity index (χ4v) is 1.66. The monoisotopic (exact) mass is 250 g/mol. The molecule has 1 heterocycles. The molecule has 0 saturated carbocycles. The number of carbonyl (C=O) groups is 1. The highest BCUT2D eigenvalue weighted by Gasteiger charge is 2.32. The van der Waals surface area contributed by atoms with Crippen LogP contribution < -0.4 is 0 Å². The number of methoxy groups -OCH3 is 1. The molecular weight excluding hydrogens is 228 g/mol. The third kappa shape index (κ3) is 4.59. The Morgan fingerprint density at radius 1 is 1.39 bits per heavy atom. The lowest BCUT2D eigenvalue weighted by molar-refractivity contribution is -0.112. The summed E-state index contributed by atoms with van der Waals surface area (Å²) in [5, 5.41) is 0. The summed E-state index contributed by atoms with van der Waals surface area (Å²) >= 11 is 0. The molecule has 0 radical (unpaired) electrons. The second-order valence-corrected chi connectivity index (χ2v) is 5.02. The summed E-state index contributed by atoms with van der Waals surface area (Å²) in [4.78, 5) is 10.2. The van der Waals surface area contributed by atoms with E-state index in [4.69, 9.17) is 9.47 Å². The lowest BCUT2D eigenvalue weighted by Gasteiger charge is -2.37. The summed E-state index contributed by atoms with van der Waals surface area (Å²) in [7, 11) is 1.74. The highest BCUT2D eigenvalue weighted by molar-refractivity contribution is 5.76. The smallest absolute Gasteiger partial charge is 0.150 e. The summed E-state index contributed by atoms with van der Waals surface area (Å²) in [6.07, 6.45) is 2.00. The Labute approximate surface area is 109 Å². The van der Waals surface area contributed by atoms with Crippen LogP contribution in [0.25, 0.3) is 0 Å². The van der Waals surface area contributed by atoms with Crippen LogP contribution in [0.2, 0.25) is 0 Å². The van der Waals surface area contributed by atoms with E-state index >= 15 is 0 Å². The largest absolute Gasteiger partial charge is 0.385 e. The molecule has 1 aliphatic heterocycles. The molecule has 3 nitrogen and oxygen atoms in total. The zero-order chi connectivity index (χ0) is 13.4. The van der Waals surface area contributed by atoms with E-state index in [1.54, 1.807) is 7.11 Å². The van der Waals surface area contributed by atoms with Crippen molar-refractivity contribution in [1.29, 1.82) is 0 Å². The normalized spacial score (nSPS) is 16.2. The number of rotatable bonds is 4. The van der Waals surface area contributed by atoms with Gasteiger partial charge in [0, 0.05) is 24.7 Å². The maximum absolute atomic E-state index is 10.2. The van der Waals surface area contributed by atoms with Crippen molar-refractivity contribution >= 4 is 6.29 Å². The van der Waals surface area contributed by atoms with E-state index in [0.717, 1.165) is 43.7 Å². The van der Waals surface area contributed by atoms with Crippen LogP contribution >= 0.6 is 0 Å². The van der Waals surface area contributed by atoms with Gasteiger partial charge < -0.3 is 9.47 Å². The molecule has 0 unspecified atom stereocenters. The van der Waals surface area contributed by atoms with Gasteiger partial charge in [0.2, 0.25) is 0 Å². The van der Waals surface area contributed by atoms with E-state index < -0.39 is 0 Å². The Kier molecular flexibility index (Phi) is 6.02. The highest BCUT2D eigenvalue weighted by atomic mass is 16.5. The van der Waals surface area contributed by atoms with Crippen molar-refractivity contribution in [3.63, 3.8) is 0 Å². The molecule has 18 heavy (non-hydrogen) atoms. The van der Waals surface area contributed by atoms with Crippen molar-refractivity contribution in [2.24, 2.45) is 5.41 Å². The van der Waals surface area contributed by atoms with Gasteiger partial charge in [-0.2, -0.15) is 0 Å². The van der Waals surface area contributed by atoms with E-state index in [1.165, 1.54) is 0 Å². The van der Waals surface area contributed by atoms with Gasteiger partial charge in [0.05, 0.1) is 13.2 Å². The maximum Gasteiger partial charge on any atom is 0.150 e. The number of benzene rings is 1. The van der Waals surface area contributed by atoms with Crippen LogP contribution in [0.4, 0.5) is 0 Å². The molecule has 1 aromatic carbocycles. The topological polar surface area (TPSA) is 35.5 Å². The second-order valence-electron chi connectivity index (χ2n) is 5.02. The summed E-state index contributed by atoms with van der Waals surface area (Å²) < 4.78 is 10.0. The molecule has 0 bridgehead atoms. The second kappa shape index (κ2) is 7.29. The van der Waals surface area contributed by atoms with Gasteiger partial charge in [-0.05, 0) is 18.9 Å². The van der Waals surface area contributed by atoms with E-state index in [0.29, 0.717) is 5.41 Å². The molecule has 0 aliphatic carbocycles. The average Bonchev–Trinajstić information content (AvgIpc) is 2.35. The van der Waals surface area contributed by atoms with E-state index in [2.05, 4.69) is 6.92 Å². The van der Waals surface area contributed by atoms with Crippen molar-refractivity contribution in [3.8, 4) is 0 Å². The average molecular weight is 250 g/mol. The van der Waals surface area contributed by atoms with E-state index in [9.17, 15) is 4.79 Å². The molecular formula is C15H22O3. The minimum absolute atomic E-state index is 0.427. The van der Waals surface area contributed by atoms with Crippen molar-refractivity contribution in [2.75, 3.05) is 26.9 Å². The molecule has 0 spiro atoms. The third-order valence-electron chi connectivity index (χ3n) is 3.13. The lowest BCUT2D eigenvalue weighted by atomic mass is 9.85. The Morgan fingerprint density at radius 2 is 2.06 bits per heavy atom. The Morgan fingerprint density at radius 3 is 2.44 bits per heavy atom. The van der Waals surface area contributed by atoms with Crippen molar-refractivity contribution < 1.29 is 14.3 Å². The molecule has 0 amide bonds. The SMILES string of the molecule is COCCC1(C)COC1.Cc1ccccc1C=O. The molecule has 1 fully saturated rings. The molecule has 0 atom stereocenters. The van der Waals surface area contributed by atoms with Crippen molar-refractivity contribution in [1.82, 2.24) is 0 Å². The molecule has 3 heteroatoms. The zero-order valence-electron chi connectivity index (χ0n) is 11.4. The van der Waals surface area contributed by atoms with Crippen LogP contribution in [0, 0.1) is 12.3 Å². The van der Waals surface area contributed by atoms with E-state index in [-0.39, 0.29) is 0 Å². The van der Waals surface area contributed by atoms with Crippen LogP contribution in [-0.2, 0) is 9.47 Å². The van der Waals surface area contributed by atoms with Gasteiger partial charge in [-0.1, -0.05) is 31.2 Å². The Hall–Kier alpha value is -1.19. The highest BCUT2D eigenvalue weighted by Crippen LogP contribution is 2.29. The van der Waals surface area contributed by atoms with Gasteiger partial charge in [-0.15, -0.1) is 0 Å². The van der Waals surface area contributed by atoms with E-state index in [1.807, 2.05) is 31.2 Å². The van der Waals surface area contributed by atoms with Gasteiger partial charge in [0.25, 0.3) is 0 Å². The summed E-state index contributed by atoms with van der Waals surface area (Å²) in [5.41, 5.74) is 2.24. The molecule has 100 valence electrons. The standard InChI is InChI=1S/C8H8O.C7H14O2/c1-7-4-2-3-5-8(7)6-9;1-7(3-4-8-2)5-9-6-7/h2-6H,1H3;3-6H2,1-2H3. The predicted molar refractivity (Wildman–Crippen MR) is 72.0 cm³/mol. The maximum atomic E-state index is 10.2. The van der Waals surface area contributed by atoms with Gasteiger partial charge in [-0.25, -0.2) is 0 Å². The van der Waals surface area contributed by atoms with Gasteiger partial charge in [0.1, 0.15) is 6.29 Å². The number of aryl methyl sites for hydroxylation is 1. The Balaban J connectivity index is 0.000000180. The number of carbonyl (C=O) groups excluding carboxylic acids is 1. The lowest BCUT2D eigenvalue weighted by Crippen LogP contribution is -2.40. The zero-order valence-corrected chi connectivity index (χ0v) is 11.4. The van der Waals surface area contributed by atoms with Gasteiger partial charge in [0.15, 0.2) is 0 Å². The van der Waals surface area contributed by atoms with Crippen LogP contribution in [0.5, 0.6) is 0 Å². The summed E-state index contributed by atoms with van der Waals surface area (Å²) in [5.74, 6) is 0. The summed E-state index contributed by atoms with van der Waals surface area (Å²) in [6.45, 7) is 6.84. The first-order valence-electron chi connectivity index (χ1n) is 6.19. The third-order valence-corrected chi connectivity index (χ3v) is 3.13. The molecule has 2 rings (SSSR count). The van der Waals surface area contributed by atoms with Crippen LogP contribution in [0.3, 0.4) is 0 Å². The van der Waals surface area contributed by atoms with Crippen molar-refractivity contribution in [3.05, 3.63) is 35.4 Å². The quantitative estimate of drug-likeness (QED) is 0.771. The minimum atomic E-state index is 0.427. The molecule has 0 N–H and O–H groups in total. The number of hydrogen-bond acceptors (Lipinski definition) is 3. The fraction of sp³-hybridized carbons (Fsp3) is 0.533. The number of aldehydes is 1. The van der Waals surface area contributed by atoms with Crippen LogP contribution in [-0.4, -0.2) is 33.2 Å². The fourth-order valence-electron chi connectivity index (χ4n) is 1.66. The molecule has 0 aromatic heterocycles. The minimum Gasteiger partial charge on any atom is -0.385 e. The van der Waals surface area contributed by atoms with Gasteiger partial charge in [-0.3, -0.25) is 4.79 Å². The first kappa shape index (κ1) is 14.9. The first-order valence-corrected chi connectivity index (χ1v) is 6.19. The first-order chi connectivity index (χ1) is 8.61. The Bertz CT molecular complexity index is 370. The molecule has 1 aliphatic rings. The van der Waals surface area contributed by atoms with Crippen LogP contribution in [0.15, 0.2) is 24.3 Å². The van der Waals surface area contributed by atoms with Gasteiger partial charge >= 0.3 is 0 Å².